The molecule has 1 aliphatic heterocycles. The van der Waals surface area contributed by atoms with E-state index in [0.29, 0.717) is 21.6 Å². The zero-order chi connectivity index (χ0) is 19.8. The number of halogens is 3. The zero-order valence-corrected chi connectivity index (χ0v) is 17.1. The van der Waals surface area contributed by atoms with E-state index in [4.69, 9.17) is 34.8 Å². The van der Waals surface area contributed by atoms with Gasteiger partial charge < -0.3 is 4.57 Å². The third-order valence-corrected chi connectivity index (χ3v) is 5.45. The molecule has 0 spiro atoms. The van der Waals surface area contributed by atoms with E-state index in [9.17, 15) is 4.79 Å². The van der Waals surface area contributed by atoms with Crippen molar-refractivity contribution in [3.05, 3.63) is 86.9 Å². The molecule has 4 rings (SSSR count). The quantitative estimate of drug-likeness (QED) is 0.611. The fraction of sp³-hybridized carbons (Fsp3) is 0.100. The topological polar surface area (TPSA) is 50.2 Å². The summed E-state index contributed by atoms with van der Waals surface area (Å²) in [4.78, 5) is 17.0. The summed E-state index contributed by atoms with van der Waals surface area (Å²) >= 11 is 18.9. The highest BCUT2D eigenvalue weighted by atomic mass is 35.5. The van der Waals surface area contributed by atoms with Gasteiger partial charge in [-0.05, 0) is 36.8 Å². The van der Waals surface area contributed by atoms with Gasteiger partial charge in [-0.3, -0.25) is 15.2 Å². The van der Waals surface area contributed by atoms with E-state index in [1.165, 1.54) is 0 Å². The minimum Gasteiger partial charge on any atom is -0.306 e. The van der Waals surface area contributed by atoms with Gasteiger partial charge in [0.25, 0.3) is 5.91 Å². The van der Waals surface area contributed by atoms with E-state index in [0.717, 1.165) is 22.5 Å². The molecule has 1 aromatic heterocycles. The Hall–Kier alpha value is -2.47. The molecular formula is C20H15Cl3N4O. The maximum atomic E-state index is 12.9. The van der Waals surface area contributed by atoms with E-state index in [1.807, 2.05) is 35.9 Å². The van der Waals surface area contributed by atoms with Gasteiger partial charge in [0.15, 0.2) is 0 Å². The second-order valence-corrected chi connectivity index (χ2v) is 7.58. The number of nitrogens with one attached hydrogen (secondary N) is 1. The third kappa shape index (κ3) is 3.26. The molecule has 5 nitrogen and oxygen atoms in total. The van der Waals surface area contributed by atoms with Gasteiger partial charge in [0.1, 0.15) is 0 Å². The fourth-order valence-electron chi connectivity index (χ4n) is 3.32. The Labute approximate surface area is 177 Å². The Morgan fingerprint density at radius 3 is 2.43 bits per heavy atom. The normalized spacial score (nSPS) is 13.5. The molecule has 0 bridgehead atoms. The van der Waals surface area contributed by atoms with E-state index in [1.54, 1.807) is 35.7 Å². The van der Waals surface area contributed by atoms with Crippen LogP contribution in [0, 0.1) is 0 Å². The first kappa shape index (κ1) is 18.9. The predicted molar refractivity (Wildman–Crippen MR) is 113 cm³/mol. The van der Waals surface area contributed by atoms with Gasteiger partial charge in [0.2, 0.25) is 0 Å². The van der Waals surface area contributed by atoms with Gasteiger partial charge in [-0.15, -0.1) is 0 Å². The summed E-state index contributed by atoms with van der Waals surface area (Å²) in [6.07, 6.45) is 5.30. The predicted octanol–water partition coefficient (Wildman–Crippen LogP) is 5.29. The minimum absolute atomic E-state index is 0.233. The molecule has 0 atom stereocenters. The van der Waals surface area contributed by atoms with E-state index >= 15 is 0 Å². The summed E-state index contributed by atoms with van der Waals surface area (Å²) in [5, 5.41) is 2.91. The maximum Gasteiger partial charge on any atom is 0.272 e. The van der Waals surface area contributed by atoms with Crippen molar-refractivity contribution in [2.45, 2.75) is 6.92 Å². The number of amides is 1. The summed E-state index contributed by atoms with van der Waals surface area (Å²) in [5.74, 6) is -0.389. The monoisotopic (exact) mass is 432 g/mol. The standard InChI is InChI=1S/C20H15Cl3N4O/c1-12-10-27(25-20(28)17-13(21)4-2-5-14(17)22)16-7-3-6-15(23)18(16)19(12)26-9-8-24-11-26/h2-9,11H,10H2,1H3,(H,25,28). The van der Waals surface area contributed by atoms with Gasteiger partial charge in [0, 0.05) is 18.0 Å². The van der Waals surface area contributed by atoms with Crippen LogP contribution in [0.25, 0.3) is 5.70 Å². The molecule has 1 aliphatic rings. The lowest BCUT2D eigenvalue weighted by molar-refractivity contribution is 0.0950. The van der Waals surface area contributed by atoms with E-state index < -0.39 is 0 Å². The van der Waals surface area contributed by atoms with Gasteiger partial charge in [-0.1, -0.05) is 46.9 Å². The highest BCUT2D eigenvalue weighted by molar-refractivity contribution is 6.39. The Morgan fingerprint density at radius 2 is 1.75 bits per heavy atom. The lowest BCUT2D eigenvalue weighted by atomic mass is 10.00. The summed E-state index contributed by atoms with van der Waals surface area (Å²) in [5.41, 5.74) is 6.69. The van der Waals surface area contributed by atoms with Crippen LogP contribution in [-0.2, 0) is 0 Å². The van der Waals surface area contributed by atoms with E-state index in [-0.39, 0.29) is 11.5 Å². The molecule has 0 aliphatic carbocycles. The molecule has 1 N–H and O–H groups in total. The zero-order valence-electron chi connectivity index (χ0n) is 14.8. The number of hydrogen-bond donors (Lipinski definition) is 1. The molecule has 142 valence electrons. The Bertz CT molecular complexity index is 1070. The Balaban J connectivity index is 1.76. The molecule has 3 aromatic rings. The second kappa shape index (κ2) is 7.51. The summed E-state index contributed by atoms with van der Waals surface area (Å²) in [7, 11) is 0. The molecule has 1 amide bonds. The third-order valence-electron chi connectivity index (χ3n) is 4.51. The van der Waals surface area contributed by atoms with Crippen LogP contribution in [0.2, 0.25) is 15.1 Å². The Morgan fingerprint density at radius 1 is 1.07 bits per heavy atom. The number of carbonyl (C=O) groups excluding carboxylic acids is 1. The molecule has 2 aromatic carbocycles. The van der Waals surface area contributed by atoms with Crippen LogP contribution in [0.3, 0.4) is 0 Å². The number of fused-ring (bicyclic) bond motifs is 1. The molecule has 0 saturated carbocycles. The van der Waals surface area contributed by atoms with Gasteiger partial charge in [0.05, 0.1) is 44.9 Å². The van der Waals surface area contributed by atoms with Crippen molar-refractivity contribution >= 4 is 52.1 Å². The lowest BCUT2D eigenvalue weighted by Crippen LogP contribution is -2.45. The summed E-state index contributed by atoms with van der Waals surface area (Å²) in [6, 6.07) is 10.5. The van der Waals surface area contributed by atoms with Crippen LogP contribution in [0.15, 0.2) is 60.7 Å². The number of hydrogen-bond acceptors (Lipinski definition) is 3. The number of rotatable bonds is 3. The molecule has 0 fully saturated rings. The van der Waals surface area contributed by atoms with Crippen LogP contribution in [-0.4, -0.2) is 22.0 Å². The first-order chi connectivity index (χ1) is 13.5. The second-order valence-electron chi connectivity index (χ2n) is 6.36. The van der Waals surface area contributed by atoms with Crippen molar-refractivity contribution < 1.29 is 4.79 Å². The van der Waals surface area contributed by atoms with Gasteiger partial charge in [-0.2, -0.15) is 0 Å². The van der Waals surface area contributed by atoms with Crippen molar-refractivity contribution in [3.8, 4) is 0 Å². The maximum absolute atomic E-state index is 12.9. The average Bonchev–Trinajstić information content (AvgIpc) is 3.16. The minimum atomic E-state index is -0.389. The first-order valence-electron chi connectivity index (χ1n) is 8.47. The number of anilines is 1. The highest BCUT2D eigenvalue weighted by Crippen LogP contribution is 2.39. The SMILES string of the molecule is CC1=C(n2ccnc2)c2c(Cl)cccc2N(NC(=O)c2c(Cl)cccc2Cl)C1. The number of imidazole rings is 1. The molecule has 0 radical (unpaired) electrons. The molecular weight excluding hydrogens is 419 g/mol. The molecule has 0 saturated heterocycles. The largest absolute Gasteiger partial charge is 0.306 e. The van der Waals surface area contributed by atoms with Crippen molar-refractivity contribution in [3.63, 3.8) is 0 Å². The fourth-order valence-corrected chi connectivity index (χ4v) is 4.14. The Kier molecular flexibility index (Phi) is 5.06. The number of nitrogens with zero attached hydrogens (tertiary/aromatic N) is 3. The van der Waals surface area contributed by atoms with Crippen molar-refractivity contribution in [1.29, 1.82) is 0 Å². The summed E-state index contributed by atoms with van der Waals surface area (Å²) in [6.45, 7) is 2.46. The van der Waals surface area contributed by atoms with Crippen molar-refractivity contribution in [2.75, 3.05) is 11.6 Å². The van der Waals surface area contributed by atoms with Gasteiger partial charge >= 0.3 is 0 Å². The smallest absolute Gasteiger partial charge is 0.272 e. The molecule has 0 unspecified atom stereocenters. The number of hydrazine groups is 1. The van der Waals surface area contributed by atoms with Gasteiger partial charge in [-0.25, -0.2) is 4.98 Å². The van der Waals surface area contributed by atoms with Crippen molar-refractivity contribution in [1.82, 2.24) is 15.0 Å². The number of benzene rings is 2. The van der Waals surface area contributed by atoms with Crippen LogP contribution in [0.1, 0.15) is 22.8 Å². The highest BCUT2D eigenvalue weighted by Gasteiger charge is 2.27. The summed E-state index contributed by atoms with van der Waals surface area (Å²) < 4.78 is 1.92. The van der Waals surface area contributed by atoms with Crippen LogP contribution in [0.5, 0.6) is 0 Å². The van der Waals surface area contributed by atoms with Crippen LogP contribution in [0.4, 0.5) is 5.69 Å². The molecule has 8 heteroatoms. The lowest BCUT2D eigenvalue weighted by Gasteiger charge is -2.34. The van der Waals surface area contributed by atoms with Crippen LogP contribution >= 0.6 is 34.8 Å². The number of carbonyl (C=O) groups is 1. The average molecular weight is 434 g/mol. The molecule has 2 heterocycles. The van der Waals surface area contributed by atoms with Crippen LogP contribution < -0.4 is 10.4 Å². The van der Waals surface area contributed by atoms with Crippen molar-refractivity contribution in [2.24, 2.45) is 0 Å². The number of aromatic nitrogens is 2. The van der Waals surface area contributed by atoms with E-state index in [2.05, 4.69) is 10.4 Å². The molecule has 28 heavy (non-hydrogen) atoms. The first-order valence-corrected chi connectivity index (χ1v) is 9.60.